The summed E-state index contributed by atoms with van der Waals surface area (Å²) in [6.07, 6.45) is 2.51. The minimum Gasteiger partial charge on any atom is -0.385 e. The molecule has 132 valence electrons. The van der Waals surface area contributed by atoms with Gasteiger partial charge in [-0.15, -0.1) is 0 Å². The molecule has 1 N–H and O–H groups in total. The molecule has 0 aliphatic carbocycles. The summed E-state index contributed by atoms with van der Waals surface area (Å²) in [5.41, 5.74) is 2.89. The molecule has 1 aliphatic heterocycles. The Hall–Kier alpha value is -1.88. The van der Waals surface area contributed by atoms with Crippen LogP contribution >= 0.6 is 0 Å². The predicted octanol–water partition coefficient (Wildman–Crippen LogP) is 2.31. The SMILES string of the molecule is COCCCNC(=O)[C@H]1CCCN(C(=O)c2cc(C)cc(C)c2)C1. The van der Waals surface area contributed by atoms with Gasteiger partial charge in [0.15, 0.2) is 0 Å². The first-order chi connectivity index (χ1) is 11.5. The van der Waals surface area contributed by atoms with Crippen molar-refractivity contribution in [2.24, 2.45) is 5.92 Å². The predicted molar refractivity (Wildman–Crippen MR) is 94.0 cm³/mol. The van der Waals surface area contributed by atoms with Crippen molar-refractivity contribution >= 4 is 11.8 Å². The Kier molecular flexibility index (Phi) is 6.79. The summed E-state index contributed by atoms with van der Waals surface area (Å²) in [5, 5.41) is 2.95. The van der Waals surface area contributed by atoms with E-state index in [-0.39, 0.29) is 17.7 Å². The van der Waals surface area contributed by atoms with Crippen LogP contribution in [0.25, 0.3) is 0 Å². The van der Waals surface area contributed by atoms with Crippen LogP contribution in [0.5, 0.6) is 0 Å². The van der Waals surface area contributed by atoms with Crippen molar-refractivity contribution in [2.45, 2.75) is 33.1 Å². The van der Waals surface area contributed by atoms with Gasteiger partial charge in [-0.1, -0.05) is 17.2 Å². The zero-order valence-electron chi connectivity index (χ0n) is 14.9. The van der Waals surface area contributed by atoms with Gasteiger partial charge < -0.3 is 15.0 Å². The molecule has 0 saturated carbocycles. The Balaban J connectivity index is 1.94. The van der Waals surface area contributed by atoms with Gasteiger partial charge in [-0.05, 0) is 45.2 Å². The van der Waals surface area contributed by atoms with Crippen LogP contribution in [0, 0.1) is 19.8 Å². The van der Waals surface area contributed by atoms with Crippen molar-refractivity contribution in [3.63, 3.8) is 0 Å². The molecule has 0 unspecified atom stereocenters. The first-order valence-electron chi connectivity index (χ1n) is 8.65. The Labute approximate surface area is 144 Å². The van der Waals surface area contributed by atoms with Crippen LogP contribution in [0.4, 0.5) is 0 Å². The second-order valence-electron chi connectivity index (χ2n) is 6.60. The molecule has 1 heterocycles. The lowest BCUT2D eigenvalue weighted by Gasteiger charge is -2.32. The van der Waals surface area contributed by atoms with Gasteiger partial charge in [0, 0.05) is 38.9 Å². The number of piperidine rings is 1. The number of methoxy groups -OCH3 is 1. The Bertz CT molecular complexity index is 566. The maximum atomic E-state index is 12.7. The summed E-state index contributed by atoms with van der Waals surface area (Å²) >= 11 is 0. The molecular weight excluding hydrogens is 304 g/mol. The fourth-order valence-electron chi connectivity index (χ4n) is 3.23. The van der Waals surface area contributed by atoms with Gasteiger partial charge >= 0.3 is 0 Å². The quantitative estimate of drug-likeness (QED) is 0.813. The van der Waals surface area contributed by atoms with Crippen molar-refractivity contribution in [1.29, 1.82) is 0 Å². The minimum absolute atomic E-state index is 0.0266. The third-order valence-corrected chi connectivity index (χ3v) is 4.37. The van der Waals surface area contributed by atoms with Gasteiger partial charge in [-0.25, -0.2) is 0 Å². The zero-order valence-corrected chi connectivity index (χ0v) is 14.9. The zero-order chi connectivity index (χ0) is 17.5. The van der Waals surface area contributed by atoms with Gasteiger partial charge in [0.05, 0.1) is 5.92 Å². The molecule has 0 bridgehead atoms. The fraction of sp³-hybridized carbons (Fsp3) is 0.579. The normalized spacial score (nSPS) is 17.6. The van der Waals surface area contributed by atoms with Crippen LogP contribution in [0.1, 0.15) is 40.7 Å². The summed E-state index contributed by atoms with van der Waals surface area (Å²) in [5.74, 6) is -0.0427. The van der Waals surface area contributed by atoms with E-state index in [4.69, 9.17) is 4.74 Å². The largest absolute Gasteiger partial charge is 0.385 e. The highest BCUT2D eigenvalue weighted by atomic mass is 16.5. The van der Waals surface area contributed by atoms with Crippen LogP contribution < -0.4 is 5.32 Å². The topological polar surface area (TPSA) is 58.6 Å². The van der Waals surface area contributed by atoms with Crippen LogP contribution in [0.15, 0.2) is 18.2 Å². The monoisotopic (exact) mass is 332 g/mol. The van der Waals surface area contributed by atoms with Crippen LogP contribution in [0.2, 0.25) is 0 Å². The number of nitrogens with zero attached hydrogens (tertiary/aromatic N) is 1. The molecule has 1 saturated heterocycles. The molecule has 0 aromatic heterocycles. The highest BCUT2D eigenvalue weighted by Gasteiger charge is 2.28. The van der Waals surface area contributed by atoms with E-state index in [1.807, 2.05) is 30.9 Å². The maximum absolute atomic E-state index is 12.7. The number of amides is 2. The number of nitrogens with one attached hydrogen (secondary N) is 1. The second kappa shape index (κ2) is 8.83. The van der Waals surface area contributed by atoms with Gasteiger partial charge in [0.1, 0.15) is 0 Å². The van der Waals surface area contributed by atoms with E-state index in [1.165, 1.54) is 0 Å². The second-order valence-corrected chi connectivity index (χ2v) is 6.60. The lowest BCUT2D eigenvalue weighted by atomic mass is 9.96. The molecule has 1 aliphatic rings. The van der Waals surface area contributed by atoms with E-state index >= 15 is 0 Å². The Morgan fingerprint density at radius 1 is 1.25 bits per heavy atom. The van der Waals surface area contributed by atoms with Crippen molar-refractivity contribution in [1.82, 2.24) is 10.2 Å². The fourth-order valence-corrected chi connectivity index (χ4v) is 3.23. The molecule has 0 spiro atoms. The number of benzene rings is 1. The van der Waals surface area contributed by atoms with Crippen molar-refractivity contribution in [2.75, 3.05) is 33.4 Å². The molecular formula is C19H28N2O3. The van der Waals surface area contributed by atoms with Crippen molar-refractivity contribution < 1.29 is 14.3 Å². The number of likely N-dealkylation sites (tertiary alicyclic amines) is 1. The first kappa shape index (κ1) is 18.5. The highest BCUT2D eigenvalue weighted by molar-refractivity contribution is 5.95. The average Bonchev–Trinajstić information content (AvgIpc) is 2.57. The van der Waals surface area contributed by atoms with Crippen LogP contribution in [0.3, 0.4) is 0 Å². The smallest absolute Gasteiger partial charge is 0.253 e. The minimum atomic E-state index is -0.115. The highest BCUT2D eigenvalue weighted by Crippen LogP contribution is 2.20. The summed E-state index contributed by atoms with van der Waals surface area (Å²) in [4.78, 5) is 26.9. The van der Waals surface area contributed by atoms with E-state index in [9.17, 15) is 9.59 Å². The summed E-state index contributed by atoms with van der Waals surface area (Å²) in [6.45, 7) is 6.48. The third kappa shape index (κ3) is 5.06. The van der Waals surface area contributed by atoms with E-state index in [0.29, 0.717) is 25.3 Å². The number of aryl methyl sites for hydroxylation is 2. The molecule has 5 heteroatoms. The molecule has 2 amide bonds. The Morgan fingerprint density at radius 3 is 2.62 bits per heavy atom. The molecule has 1 fully saturated rings. The molecule has 24 heavy (non-hydrogen) atoms. The third-order valence-electron chi connectivity index (χ3n) is 4.37. The van der Waals surface area contributed by atoms with Gasteiger partial charge in [0.2, 0.25) is 5.91 Å². The lowest BCUT2D eigenvalue weighted by molar-refractivity contribution is -0.126. The number of rotatable bonds is 6. The molecule has 2 rings (SSSR count). The van der Waals surface area contributed by atoms with E-state index in [2.05, 4.69) is 11.4 Å². The van der Waals surface area contributed by atoms with Gasteiger partial charge in [0.25, 0.3) is 5.91 Å². The molecule has 0 radical (unpaired) electrons. The molecule has 1 aromatic rings. The molecule has 1 aromatic carbocycles. The van der Waals surface area contributed by atoms with E-state index < -0.39 is 0 Å². The van der Waals surface area contributed by atoms with Crippen LogP contribution in [-0.2, 0) is 9.53 Å². The number of ether oxygens (including phenoxy) is 1. The van der Waals surface area contributed by atoms with E-state index in [1.54, 1.807) is 7.11 Å². The average molecular weight is 332 g/mol. The lowest BCUT2D eigenvalue weighted by Crippen LogP contribution is -2.45. The summed E-state index contributed by atoms with van der Waals surface area (Å²) in [6, 6.07) is 5.90. The number of carbonyl (C=O) groups excluding carboxylic acids is 2. The summed E-state index contributed by atoms with van der Waals surface area (Å²) in [7, 11) is 1.65. The first-order valence-corrected chi connectivity index (χ1v) is 8.65. The summed E-state index contributed by atoms with van der Waals surface area (Å²) < 4.78 is 4.98. The van der Waals surface area contributed by atoms with Crippen molar-refractivity contribution in [3.05, 3.63) is 34.9 Å². The molecule has 1 atom stereocenters. The van der Waals surface area contributed by atoms with Gasteiger partial charge in [-0.3, -0.25) is 9.59 Å². The maximum Gasteiger partial charge on any atom is 0.253 e. The van der Waals surface area contributed by atoms with Crippen molar-refractivity contribution in [3.8, 4) is 0 Å². The standard InChI is InChI=1S/C19H28N2O3/c1-14-10-15(2)12-17(11-14)19(23)21-8-4-6-16(13-21)18(22)20-7-5-9-24-3/h10-12,16H,4-9,13H2,1-3H3,(H,20,22)/t16-/m0/s1. The van der Waals surface area contributed by atoms with Gasteiger partial charge in [-0.2, -0.15) is 0 Å². The molecule has 5 nitrogen and oxygen atoms in total. The van der Waals surface area contributed by atoms with Crippen LogP contribution in [-0.4, -0.2) is 50.1 Å². The van der Waals surface area contributed by atoms with E-state index in [0.717, 1.165) is 36.9 Å². The number of hydrogen-bond donors (Lipinski definition) is 1. The number of carbonyl (C=O) groups is 2. The number of hydrogen-bond acceptors (Lipinski definition) is 3. The Morgan fingerprint density at radius 2 is 1.96 bits per heavy atom.